The number of pyridine rings is 1. The topological polar surface area (TPSA) is 77.3 Å². The van der Waals surface area contributed by atoms with E-state index in [0.717, 1.165) is 5.69 Å². The second-order valence-electron chi connectivity index (χ2n) is 5.28. The molecule has 3 heterocycles. The number of hydrogen-bond donors (Lipinski definition) is 0. The van der Waals surface area contributed by atoms with Crippen molar-refractivity contribution in [1.82, 2.24) is 19.1 Å². The highest BCUT2D eigenvalue weighted by atomic mass is 32.2. The Hall–Kier alpha value is -1.93. The summed E-state index contributed by atoms with van der Waals surface area (Å²) in [5.74, 6) is 0.568. The molecule has 0 aliphatic carbocycles. The van der Waals surface area contributed by atoms with Gasteiger partial charge in [0.1, 0.15) is 0 Å². The van der Waals surface area contributed by atoms with E-state index < -0.39 is 10.0 Å². The molecule has 0 spiro atoms. The summed E-state index contributed by atoms with van der Waals surface area (Å²) < 4.78 is 32.6. The Morgan fingerprint density at radius 3 is 2.91 bits per heavy atom. The maximum Gasteiger partial charge on any atom is 0.213 e. The van der Waals surface area contributed by atoms with E-state index in [-0.39, 0.29) is 6.04 Å². The average molecular weight is 322 g/mol. The molecule has 118 valence electrons. The highest BCUT2D eigenvalue weighted by molar-refractivity contribution is 7.88. The van der Waals surface area contributed by atoms with Crippen molar-refractivity contribution >= 4 is 10.0 Å². The first-order valence-electron chi connectivity index (χ1n) is 7.05. The molecule has 3 rings (SSSR count). The third kappa shape index (κ3) is 3.28. The van der Waals surface area contributed by atoms with Crippen LogP contribution in [0.2, 0.25) is 0 Å². The van der Waals surface area contributed by atoms with Gasteiger partial charge >= 0.3 is 0 Å². The lowest BCUT2D eigenvalue weighted by molar-refractivity contribution is 0.211. The molecule has 0 aromatic carbocycles. The predicted octanol–water partition coefficient (Wildman–Crippen LogP) is 1.06. The Morgan fingerprint density at radius 1 is 1.32 bits per heavy atom. The summed E-state index contributed by atoms with van der Waals surface area (Å²) in [6.07, 6.45) is 5.28. The van der Waals surface area contributed by atoms with Gasteiger partial charge < -0.3 is 4.74 Å². The van der Waals surface area contributed by atoms with Gasteiger partial charge in [0.05, 0.1) is 31.1 Å². The van der Waals surface area contributed by atoms with Gasteiger partial charge in [0.2, 0.25) is 15.9 Å². The van der Waals surface area contributed by atoms with Crippen molar-refractivity contribution in [1.29, 1.82) is 0 Å². The number of nitrogens with zero attached hydrogens (tertiary/aromatic N) is 4. The fourth-order valence-electron chi connectivity index (χ4n) is 2.55. The molecule has 8 heteroatoms. The van der Waals surface area contributed by atoms with E-state index in [9.17, 15) is 8.42 Å². The summed E-state index contributed by atoms with van der Waals surface area (Å²) in [4.78, 5) is 4.10. The quantitative estimate of drug-likeness (QED) is 0.823. The summed E-state index contributed by atoms with van der Waals surface area (Å²) >= 11 is 0. The molecule has 0 fully saturated rings. The maximum atomic E-state index is 11.8. The molecule has 1 atom stereocenters. The Labute approximate surface area is 129 Å². The maximum absolute atomic E-state index is 11.8. The minimum absolute atomic E-state index is 0.0304. The van der Waals surface area contributed by atoms with Crippen LogP contribution in [0, 0.1) is 0 Å². The zero-order chi connectivity index (χ0) is 15.6. The van der Waals surface area contributed by atoms with E-state index in [1.54, 1.807) is 18.5 Å². The van der Waals surface area contributed by atoms with Crippen LogP contribution in [-0.4, -0.2) is 46.9 Å². The first-order chi connectivity index (χ1) is 10.5. The van der Waals surface area contributed by atoms with E-state index in [1.807, 2.05) is 22.9 Å². The minimum atomic E-state index is -3.22. The van der Waals surface area contributed by atoms with E-state index in [0.29, 0.717) is 32.0 Å². The molecule has 2 aromatic heterocycles. The third-order valence-corrected chi connectivity index (χ3v) is 4.87. The van der Waals surface area contributed by atoms with Crippen molar-refractivity contribution in [2.45, 2.75) is 19.0 Å². The van der Waals surface area contributed by atoms with Gasteiger partial charge in [-0.25, -0.2) is 13.4 Å². The lowest BCUT2D eigenvalue weighted by Crippen LogP contribution is -2.41. The Balaban J connectivity index is 1.67. The summed E-state index contributed by atoms with van der Waals surface area (Å²) in [5.41, 5.74) is 0.902. The van der Waals surface area contributed by atoms with Crippen molar-refractivity contribution < 1.29 is 13.2 Å². The van der Waals surface area contributed by atoms with Gasteiger partial charge in [-0.2, -0.15) is 9.40 Å². The van der Waals surface area contributed by atoms with Gasteiger partial charge in [-0.1, -0.05) is 6.07 Å². The van der Waals surface area contributed by atoms with Crippen molar-refractivity contribution in [3.05, 3.63) is 42.4 Å². The molecule has 1 unspecified atom stereocenters. The van der Waals surface area contributed by atoms with Gasteiger partial charge in [0.25, 0.3) is 0 Å². The molecule has 0 radical (unpaired) electrons. The molecular weight excluding hydrogens is 304 g/mol. The Bertz CT molecular complexity index is 730. The van der Waals surface area contributed by atoms with Crippen LogP contribution in [0.25, 0.3) is 0 Å². The molecule has 0 N–H and O–H groups in total. The van der Waals surface area contributed by atoms with Crippen molar-refractivity contribution in [2.75, 3.05) is 19.4 Å². The van der Waals surface area contributed by atoms with Crippen molar-refractivity contribution in [3.63, 3.8) is 0 Å². The molecule has 0 saturated carbocycles. The molecule has 1 aliphatic heterocycles. The molecule has 7 nitrogen and oxygen atoms in total. The van der Waals surface area contributed by atoms with Gasteiger partial charge in [-0.05, 0) is 12.1 Å². The molecule has 0 amide bonds. The van der Waals surface area contributed by atoms with E-state index in [4.69, 9.17) is 4.74 Å². The molecule has 22 heavy (non-hydrogen) atoms. The zero-order valence-corrected chi connectivity index (χ0v) is 13.1. The predicted molar refractivity (Wildman–Crippen MR) is 80.9 cm³/mol. The summed E-state index contributed by atoms with van der Waals surface area (Å²) in [6.45, 7) is 1.24. The lowest BCUT2D eigenvalue weighted by Gasteiger charge is -2.32. The molecule has 2 aromatic rings. The van der Waals surface area contributed by atoms with E-state index in [2.05, 4.69) is 10.1 Å². The van der Waals surface area contributed by atoms with Crippen LogP contribution in [0.15, 0.2) is 36.7 Å². The molecule has 0 saturated heterocycles. The van der Waals surface area contributed by atoms with E-state index >= 15 is 0 Å². The van der Waals surface area contributed by atoms with Crippen LogP contribution in [0.3, 0.4) is 0 Å². The van der Waals surface area contributed by atoms with Crippen molar-refractivity contribution in [2.24, 2.45) is 0 Å². The normalized spacial score (nSPS) is 18.9. The highest BCUT2D eigenvalue weighted by Gasteiger charge is 2.30. The molecular formula is C14H18N4O3S. The fraction of sp³-hybridized carbons (Fsp3) is 0.429. The second kappa shape index (κ2) is 6.05. The van der Waals surface area contributed by atoms with Gasteiger partial charge in [0, 0.05) is 31.4 Å². The summed E-state index contributed by atoms with van der Waals surface area (Å²) in [6, 6.07) is 7.30. The SMILES string of the molecule is CS(=O)(=O)N1Cc2ccnn2C(CCOc2ccccn2)C1. The molecule has 1 aliphatic rings. The first kappa shape index (κ1) is 15.0. The monoisotopic (exact) mass is 322 g/mol. The van der Waals surface area contributed by atoms with E-state index in [1.165, 1.54) is 10.6 Å². The largest absolute Gasteiger partial charge is 0.478 e. The lowest BCUT2D eigenvalue weighted by atomic mass is 10.1. The Morgan fingerprint density at radius 2 is 2.18 bits per heavy atom. The zero-order valence-electron chi connectivity index (χ0n) is 12.3. The summed E-state index contributed by atoms with van der Waals surface area (Å²) in [5, 5.41) is 4.30. The van der Waals surface area contributed by atoms with Gasteiger partial charge in [0.15, 0.2) is 0 Å². The molecule has 0 bridgehead atoms. The second-order valence-corrected chi connectivity index (χ2v) is 7.26. The van der Waals surface area contributed by atoms with Crippen LogP contribution in [0.4, 0.5) is 0 Å². The number of ether oxygens (including phenoxy) is 1. The van der Waals surface area contributed by atoms with Crippen molar-refractivity contribution in [3.8, 4) is 5.88 Å². The first-order valence-corrected chi connectivity index (χ1v) is 8.90. The smallest absolute Gasteiger partial charge is 0.213 e. The summed E-state index contributed by atoms with van der Waals surface area (Å²) in [7, 11) is -3.22. The van der Waals surface area contributed by atoms with Crippen LogP contribution >= 0.6 is 0 Å². The number of sulfonamides is 1. The fourth-order valence-corrected chi connectivity index (χ4v) is 3.36. The van der Waals surface area contributed by atoms with Crippen LogP contribution < -0.4 is 4.74 Å². The minimum Gasteiger partial charge on any atom is -0.478 e. The number of fused-ring (bicyclic) bond motifs is 1. The standard InChI is InChI=1S/C14H18N4O3S/c1-22(19,20)17-10-12-5-8-16-18(12)13(11-17)6-9-21-14-4-2-3-7-15-14/h2-5,7-8,13H,6,9-11H2,1H3. The number of rotatable bonds is 5. The number of hydrogen-bond acceptors (Lipinski definition) is 5. The van der Waals surface area contributed by atoms with Crippen LogP contribution in [0.1, 0.15) is 18.2 Å². The average Bonchev–Trinajstić information content (AvgIpc) is 2.96. The van der Waals surface area contributed by atoms with Crippen LogP contribution in [0.5, 0.6) is 5.88 Å². The highest BCUT2D eigenvalue weighted by Crippen LogP contribution is 2.24. The Kier molecular flexibility index (Phi) is 4.12. The van der Waals surface area contributed by atoms with Gasteiger partial charge in [-0.3, -0.25) is 4.68 Å². The van der Waals surface area contributed by atoms with Crippen LogP contribution in [-0.2, 0) is 16.6 Å². The third-order valence-electron chi connectivity index (χ3n) is 3.66. The number of aromatic nitrogens is 3. The van der Waals surface area contributed by atoms with Gasteiger partial charge in [-0.15, -0.1) is 0 Å².